The Morgan fingerprint density at radius 3 is 2.50 bits per heavy atom. The van der Waals surface area contributed by atoms with E-state index in [1.807, 2.05) is 31.4 Å². The van der Waals surface area contributed by atoms with Crippen LogP contribution in [-0.4, -0.2) is 23.0 Å². The zero-order chi connectivity index (χ0) is 19.9. The molecule has 0 aromatic carbocycles. The molecular formula is C22H28N2O3S. The van der Waals surface area contributed by atoms with Gasteiger partial charge in [-0.3, -0.25) is 9.78 Å². The molecule has 0 aliphatic heterocycles. The summed E-state index contributed by atoms with van der Waals surface area (Å²) in [5.74, 6) is -0.451. The second kappa shape index (κ2) is 9.82. The molecule has 1 fully saturated rings. The fraction of sp³-hybridized carbons (Fsp3) is 0.500. The van der Waals surface area contributed by atoms with Crippen molar-refractivity contribution in [2.24, 2.45) is 5.92 Å². The van der Waals surface area contributed by atoms with Gasteiger partial charge in [0.1, 0.15) is 16.7 Å². The third-order valence-corrected chi connectivity index (χ3v) is 6.30. The molecule has 0 spiro atoms. The van der Waals surface area contributed by atoms with Gasteiger partial charge in [0.05, 0.1) is 0 Å². The SMILES string of the molecule is CCC(CC)C(=O)Nc1scc(-c2ccncc2)c1C(=O)OC1CCCCC1. The quantitative estimate of drug-likeness (QED) is 0.608. The largest absolute Gasteiger partial charge is 0.459 e. The highest BCUT2D eigenvalue weighted by Crippen LogP contribution is 2.37. The zero-order valence-electron chi connectivity index (χ0n) is 16.6. The Labute approximate surface area is 170 Å². The van der Waals surface area contributed by atoms with E-state index in [9.17, 15) is 9.59 Å². The summed E-state index contributed by atoms with van der Waals surface area (Å²) in [4.78, 5) is 29.8. The number of amides is 1. The molecule has 6 heteroatoms. The summed E-state index contributed by atoms with van der Waals surface area (Å²) in [6.45, 7) is 4.01. The van der Waals surface area contributed by atoms with E-state index in [1.54, 1.807) is 12.4 Å². The summed E-state index contributed by atoms with van der Waals surface area (Å²) >= 11 is 1.37. The van der Waals surface area contributed by atoms with Crippen molar-refractivity contribution in [3.8, 4) is 11.1 Å². The molecular weight excluding hydrogens is 372 g/mol. The molecule has 1 N–H and O–H groups in total. The van der Waals surface area contributed by atoms with Crippen LogP contribution >= 0.6 is 11.3 Å². The molecule has 28 heavy (non-hydrogen) atoms. The number of thiophene rings is 1. The third kappa shape index (κ3) is 4.79. The van der Waals surface area contributed by atoms with Crippen LogP contribution in [0.3, 0.4) is 0 Å². The van der Waals surface area contributed by atoms with Crippen molar-refractivity contribution in [1.82, 2.24) is 4.98 Å². The lowest BCUT2D eigenvalue weighted by Gasteiger charge is -2.22. The maximum atomic E-state index is 13.1. The van der Waals surface area contributed by atoms with E-state index in [0.29, 0.717) is 10.6 Å². The van der Waals surface area contributed by atoms with E-state index < -0.39 is 0 Å². The number of carbonyl (C=O) groups excluding carboxylic acids is 2. The lowest BCUT2D eigenvalue weighted by Crippen LogP contribution is -2.24. The van der Waals surface area contributed by atoms with Crippen LogP contribution in [-0.2, 0) is 9.53 Å². The van der Waals surface area contributed by atoms with Crippen LogP contribution < -0.4 is 5.32 Å². The van der Waals surface area contributed by atoms with Gasteiger partial charge in [-0.1, -0.05) is 20.3 Å². The summed E-state index contributed by atoms with van der Waals surface area (Å²) < 4.78 is 5.83. The second-order valence-electron chi connectivity index (χ2n) is 7.26. The summed E-state index contributed by atoms with van der Waals surface area (Å²) in [6, 6.07) is 3.73. The summed E-state index contributed by atoms with van der Waals surface area (Å²) in [7, 11) is 0. The molecule has 1 aliphatic carbocycles. The van der Waals surface area contributed by atoms with Crippen LogP contribution in [0.5, 0.6) is 0 Å². The van der Waals surface area contributed by atoms with Crippen molar-refractivity contribution >= 4 is 28.2 Å². The van der Waals surface area contributed by atoms with Crippen LogP contribution in [0.2, 0.25) is 0 Å². The minimum atomic E-state index is -0.347. The van der Waals surface area contributed by atoms with Crippen molar-refractivity contribution < 1.29 is 14.3 Å². The zero-order valence-corrected chi connectivity index (χ0v) is 17.4. The molecule has 2 aromatic rings. The van der Waals surface area contributed by atoms with Gasteiger partial charge in [0.25, 0.3) is 0 Å². The molecule has 0 atom stereocenters. The number of carbonyl (C=O) groups is 2. The Morgan fingerprint density at radius 1 is 1.18 bits per heavy atom. The third-order valence-electron chi connectivity index (χ3n) is 5.41. The first-order valence-corrected chi connectivity index (χ1v) is 11.1. The number of esters is 1. The van der Waals surface area contributed by atoms with E-state index >= 15 is 0 Å². The van der Waals surface area contributed by atoms with Gasteiger partial charge in [-0.05, 0) is 56.2 Å². The summed E-state index contributed by atoms with van der Waals surface area (Å²) in [5, 5.41) is 5.47. The standard InChI is InChI=1S/C22H28N2O3S/c1-3-15(4-2)20(25)24-21-19(22(26)27-17-8-6-5-7-9-17)18(14-28-21)16-10-12-23-13-11-16/h10-15,17H,3-9H2,1-2H3,(H,24,25). The van der Waals surface area contributed by atoms with Gasteiger partial charge in [0.15, 0.2) is 0 Å². The monoisotopic (exact) mass is 400 g/mol. The molecule has 1 saturated carbocycles. The van der Waals surface area contributed by atoms with E-state index in [-0.39, 0.29) is 23.9 Å². The summed E-state index contributed by atoms with van der Waals surface area (Å²) in [6.07, 6.45) is 10.1. The molecule has 1 amide bonds. The molecule has 150 valence electrons. The van der Waals surface area contributed by atoms with Gasteiger partial charge >= 0.3 is 5.97 Å². The maximum absolute atomic E-state index is 13.1. The van der Waals surface area contributed by atoms with Crippen molar-refractivity contribution in [3.63, 3.8) is 0 Å². The Balaban J connectivity index is 1.90. The van der Waals surface area contributed by atoms with Gasteiger partial charge in [-0.2, -0.15) is 0 Å². The predicted molar refractivity (Wildman–Crippen MR) is 113 cm³/mol. The normalized spacial score (nSPS) is 14.8. The molecule has 0 unspecified atom stereocenters. The average molecular weight is 401 g/mol. The van der Waals surface area contributed by atoms with Crippen LogP contribution in [0.4, 0.5) is 5.00 Å². The molecule has 1 aliphatic rings. The van der Waals surface area contributed by atoms with Crippen molar-refractivity contribution in [3.05, 3.63) is 35.5 Å². The smallest absolute Gasteiger partial charge is 0.342 e. The van der Waals surface area contributed by atoms with Crippen molar-refractivity contribution in [1.29, 1.82) is 0 Å². The van der Waals surface area contributed by atoms with Crippen LogP contribution in [0, 0.1) is 5.92 Å². The fourth-order valence-electron chi connectivity index (χ4n) is 3.66. The molecule has 3 rings (SSSR count). The number of nitrogens with one attached hydrogen (secondary N) is 1. The average Bonchev–Trinajstić information content (AvgIpc) is 3.14. The number of aromatic nitrogens is 1. The summed E-state index contributed by atoms with van der Waals surface area (Å²) in [5.41, 5.74) is 2.14. The Kier molecular flexibility index (Phi) is 7.20. The van der Waals surface area contributed by atoms with Crippen LogP contribution in [0.1, 0.15) is 69.2 Å². The fourth-order valence-corrected chi connectivity index (χ4v) is 4.62. The number of pyridine rings is 1. The minimum absolute atomic E-state index is 0.0333. The number of ether oxygens (including phenoxy) is 1. The molecule has 5 nitrogen and oxygen atoms in total. The number of anilines is 1. The number of nitrogens with zero attached hydrogens (tertiary/aromatic N) is 1. The number of rotatable bonds is 7. The Hall–Kier alpha value is -2.21. The van der Waals surface area contributed by atoms with E-state index in [2.05, 4.69) is 10.3 Å². The van der Waals surface area contributed by atoms with E-state index in [4.69, 9.17) is 4.74 Å². The van der Waals surface area contributed by atoms with Gasteiger partial charge in [0.2, 0.25) is 5.91 Å². The van der Waals surface area contributed by atoms with Gasteiger partial charge in [0, 0.05) is 29.3 Å². The van der Waals surface area contributed by atoms with Gasteiger partial charge < -0.3 is 10.1 Å². The highest BCUT2D eigenvalue weighted by atomic mass is 32.1. The Morgan fingerprint density at radius 2 is 1.86 bits per heavy atom. The first kappa shape index (κ1) is 20.5. The molecule has 2 aromatic heterocycles. The lowest BCUT2D eigenvalue weighted by molar-refractivity contribution is -0.120. The van der Waals surface area contributed by atoms with E-state index in [1.165, 1.54) is 17.8 Å². The topological polar surface area (TPSA) is 68.3 Å². The first-order valence-electron chi connectivity index (χ1n) is 10.2. The van der Waals surface area contributed by atoms with Gasteiger partial charge in [-0.25, -0.2) is 4.79 Å². The minimum Gasteiger partial charge on any atom is -0.459 e. The maximum Gasteiger partial charge on any atom is 0.342 e. The Bertz CT molecular complexity index is 793. The molecule has 0 radical (unpaired) electrons. The molecule has 0 bridgehead atoms. The van der Waals surface area contributed by atoms with Crippen LogP contribution in [0.25, 0.3) is 11.1 Å². The highest BCUT2D eigenvalue weighted by Gasteiger charge is 2.27. The second-order valence-corrected chi connectivity index (χ2v) is 8.14. The van der Waals surface area contributed by atoms with E-state index in [0.717, 1.165) is 49.7 Å². The van der Waals surface area contributed by atoms with Crippen molar-refractivity contribution in [2.75, 3.05) is 5.32 Å². The molecule has 2 heterocycles. The lowest BCUT2D eigenvalue weighted by atomic mass is 9.97. The predicted octanol–water partition coefficient (Wildman–Crippen LogP) is 5.67. The number of hydrogen-bond acceptors (Lipinski definition) is 5. The molecule has 0 saturated heterocycles. The van der Waals surface area contributed by atoms with Gasteiger partial charge in [-0.15, -0.1) is 11.3 Å². The van der Waals surface area contributed by atoms with Crippen LogP contribution in [0.15, 0.2) is 29.9 Å². The van der Waals surface area contributed by atoms with Crippen molar-refractivity contribution in [2.45, 2.75) is 64.9 Å². The number of hydrogen-bond donors (Lipinski definition) is 1. The first-order chi connectivity index (χ1) is 13.6. The highest BCUT2D eigenvalue weighted by molar-refractivity contribution is 7.15.